The molecule has 0 unspecified atom stereocenters. The standard InChI is InChI=1S/C22H39NO3S/c1-4-5-6-9-16(24)12-13-18-19-14-17(27-21(19)15-20(18)25)10-7-8-11-22(26)23(2)3/h12-13,16-21,24-25H,4-11,14-15H2,1-3H3/b13-12+/t16-,17-,18+,19+,20+,21-/m0/s1. The van der Waals surface area contributed by atoms with Gasteiger partial charge in [-0.05, 0) is 38.0 Å². The number of carbonyl (C=O) groups excluding carboxylic acids is 1. The van der Waals surface area contributed by atoms with Crippen molar-refractivity contribution in [1.82, 2.24) is 4.90 Å². The number of nitrogens with zero attached hydrogens (tertiary/aromatic N) is 1. The fourth-order valence-corrected chi connectivity index (χ4v) is 6.39. The Balaban J connectivity index is 1.73. The molecule has 1 heterocycles. The summed E-state index contributed by atoms with van der Waals surface area (Å²) in [6.45, 7) is 2.17. The zero-order valence-corrected chi connectivity index (χ0v) is 18.2. The molecule has 0 aromatic carbocycles. The number of aliphatic hydroxyl groups is 2. The van der Waals surface area contributed by atoms with Crippen LogP contribution in [0.5, 0.6) is 0 Å². The van der Waals surface area contributed by atoms with E-state index in [0.29, 0.717) is 22.8 Å². The van der Waals surface area contributed by atoms with Gasteiger partial charge < -0.3 is 15.1 Å². The van der Waals surface area contributed by atoms with E-state index in [4.69, 9.17) is 0 Å². The second-order valence-electron chi connectivity index (χ2n) is 8.56. The smallest absolute Gasteiger partial charge is 0.222 e. The molecule has 1 aliphatic carbocycles. The molecule has 2 fully saturated rings. The van der Waals surface area contributed by atoms with E-state index >= 15 is 0 Å². The highest BCUT2D eigenvalue weighted by Crippen LogP contribution is 2.52. The van der Waals surface area contributed by atoms with Gasteiger partial charge in [0, 0.05) is 36.9 Å². The summed E-state index contributed by atoms with van der Waals surface area (Å²) in [6, 6.07) is 0. The van der Waals surface area contributed by atoms with Gasteiger partial charge >= 0.3 is 0 Å². The van der Waals surface area contributed by atoms with Crippen LogP contribution in [0.4, 0.5) is 0 Å². The second kappa shape index (κ2) is 11.5. The lowest BCUT2D eigenvalue weighted by molar-refractivity contribution is -0.128. The van der Waals surface area contributed by atoms with Crippen molar-refractivity contribution in [1.29, 1.82) is 0 Å². The summed E-state index contributed by atoms with van der Waals surface area (Å²) in [6.07, 6.45) is 13.6. The fourth-order valence-electron chi connectivity index (χ4n) is 4.46. The van der Waals surface area contributed by atoms with Gasteiger partial charge in [-0.25, -0.2) is 0 Å². The van der Waals surface area contributed by atoms with E-state index in [1.807, 2.05) is 20.2 Å². The molecule has 1 saturated carbocycles. The predicted molar refractivity (Wildman–Crippen MR) is 114 cm³/mol. The zero-order valence-electron chi connectivity index (χ0n) is 17.3. The Morgan fingerprint density at radius 2 is 2.00 bits per heavy atom. The molecule has 1 saturated heterocycles. The van der Waals surface area contributed by atoms with E-state index in [0.717, 1.165) is 38.5 Å². The minimum absolute atomic E-state index is 0.198. The highest BCUT2D eigenvalue weighted by Gasteiger charge is 2.47. The molecule has 27 heavy (non-hydrogen) atoms. The molecule has 2 rings (SSSR count). The van der Waals surface area contributed by atoms with Crippen LogP contribution in [0.1, 0.15) is 71.1 Å². The van der Waals surface area contributed by atoms with Gasteiger partial charge in [-0.2, -0.15) is 11.8 Å². The van der Waals surface area contributed by atoms with Crippen molar-refractivity contribution in [2.45, 2.75) is 93.8 Å². The number of amides is 1. The van der Waals surface area contributed by atoms with Crippen LogP contribution in [0.2, 0.25) is 0 Å². The van der Waals surface area contributed by atoms with Crippen molar-refractivity contribution in [3.8, 4) is 0 Å². The molecule has 6 atom stereocenters. The fraction of sp³-hybridized carbons (Fsp3) is 0.864. The summed E-state index contributed by atoms with van der Waals surface area (Å²) >= 11 is 2.05. The molecule has 0 aromatic rings. The highest BCUT2D eigenvalue weighted by atomic mass is 32.2. The first-order valence-corrected chi connectivity index (χ1v) is 11.8. The first-order chi connectivity index (χ1) is 12.9. The first kappa shape index (κ1) is 22.8. The van der Waals surface area contributed by atoms with Crippen molar-refractivity contribution in [3.63, 3.8) is 0 Å². The summed E-state index contributed by atoms with van der Waals surface area (Å²) in [4.78, 5) is 13.3. The normalized spacial score (nSPS) is 31.4. The monoisotopic (exact) mass is 397 g/mol. The molecular weight excluding hydrogens is 358 g/mol. The number of hydrogen-bond acceptors (Lipinski definition) is 4. The quantitative estimate of drug-likeness (QED) is 0.409. The van der Waals surface area contributed by atoms with Gasteiger partial charge in [-0.1, -0.05) is 44.8 Å². The maximum Gasteiger partial charge on any atom is 0.222 e. The molecule has 2 N–H and O–H groups in total. The van der Waals surface area contributed by atoms with Crippen LogP contribution in [0.3, 0.4) is 0 Å². The Hall–Kier alpha value is -0.520. The lowest BCUT2D eigenvalue weighted by Crippen LogP contribution is -2.21. The maximum absolute atomic E-state index is 11.7. The molecule has 1 aliphatic heterocycles. The van der Waals surface area contributed by atoms with E-state index in [1.54, 1.807) is 4.90 Å². The molecule has 5 heteroatoms. The zero-order chi connectivity index (χ0) is 19.8. The van der Waals surface area contributed by atoms with Crippen LogP contribution in [-0.2, 0) is 4.79 Å². The van der Waals surface area contributed by atoms with E-state index in [9.17, 15) is 15.0 Å². The van der Waals surface area contributed by atoms with Gasteiger partial charge in [-0.15, -0.1) is 0 Å². The van der Waals surface area contributed by atoms with Gasteiger partial charge in [0.15, 0.2) is 0 Å². The number of fused-ring (bicyclic) bond motifs is 1. The summed E-state index contributed by atoms with van der Waals surface area (Å²) < 4.78 is 0. The summed E-state index contributed by atoms with van der Waals surface area (Å²) in [7, 11) is 3.63. The van der Waals surface area contributed by atoms with Gasteiger partial charge in [0.05, 0.1) is 12.2 Å². The van der Waals surface area contributed by atoms with E-state index in [-0.39, 0.29) is 24.0 Å². The van der Waals surface area contributed by atoms with Crippen LogP contribution in [0.15, 0.2) is 12.2 Å². The van der Waals surface area contributed by atoms with Crippen LogP contribution in [0.25, 0.3) is 0 Å². The molecule has 156 valence electrons. The number of unbranched alkanes of at least 4 members (excludes halogenated alkanes) is 3. The van der Waals surface area contributed by atoms with Crippen molar-refractivity contribution < 1.29 is 15.0 Å². The average Bonchev–Trinajstić information content (AvgIpc) is 3.13. The number of thioether (sulfide) groups is 1. The third-order valence-corrected chi connectivity index (χ3v) is 7.82. The Morgan fingerprint density at radius 3 is 2.70 bits per heavy atom. The van der Waals surface area contributed by atoms with Crippen LogP contribution in [-0.4, -0.2) is 57.8 Å². The minimum Gasteiger partial charge on any atom is -0.392 e. The predicted octanol–water partition coefficient (Wildman–Crippen LogP) is 4.00. The largest absolute Gasteiger partial charge is 0.392 e. The second-order valence-corrected chi connectivity index (χ2v) is 10.1. The molecule has 2 aliphatic rings. The summed E-state index contributed by atoms with van der Waals surface area (Å²) in [5, 5.41) is 21.8. The summed E-state index contributed by atoms with van der Waals surface area (Å²) in [5.74, 6) is 0.956. The summed E-state index contributed by atoms with van der Waals surface area (Å²) in [5.41, 5.74) is 0. The third-order valence-electron chi connectivity index (χ3n) is 6.12. The first-order valence-electron chi connectivity index (χ1n) is 10.8. The van der Waals surface area contributed by atoms with Crippen LogP contribution in [0, 0.1) is 11.8 Å². The van der Waals surface area contributed by atoms with Crippen molar-refractivity contribution in [2.75, 3.05) is 14.1 Å². The van der Waals surface area contributed by atoms with Gasteiger partial charge in [0.1, 0.15) is 0 Å². The Morgan fingerprint density at radius 1 is 1.22 bits per heavy atom. The Labute approximate surface area is 169 Å². The molecule has 4 nitrogen and oxygen atoms in total. The number of carbonyl (C=O) groups is 1. The maximum atomic E-state index is 11.7. The van der Waals surface area contributed by atoms with E-state index < -0.39 is 0 Å². The van der Waals surface area contributed by atoms with Crippen molar-refractivity contribution in [3.05, 3.63) is 12.2 Å². The molecular formula is C22H39NO3S. The molecule has 0 radical (unpaired) electrons. The minimum atomic E-state index is -0.373. The van der Waals surface area contributed by atoms with E-state index in [1.165, 1.54) is 19.3 Å². The number of hydrogen-bond donors (Lipinski definition) is 2. The Bertz CT molecular complexity index is 482. The van der Waals surface area contributed by atoms with Crippen LogP contribution < -0.4 is 0 Å². The van der Waals surface area contributed by atoms with E-state index in [2.05, 4.69) is 24.8 Å². The van der Waals surface area contributed by atoms with Gasteiger partial charge in [0.25, 0.3) is 0 Å². The highest BCUT2D eigenvalue weighted by molar-refractivity contribution is 8.00. The Kier molecular flexibility index (Phi) is 9.67. The number of rotatable bonds is 11. The van der Waals surface area contributed by atoms with Gasteiger partial charge in [-0.3, -0.25) is 4.79 Å². The third kappa shape index (κ3) is 7.10. The lowest BCUT2D eigenvalue weighted by Gasteiger charge is -2.19. The SMILES string of the molecule is CCCCC[C@H](O)/C=C/[C@@H]1[C@H]2C[C@H](CCCCC(=O)N(C)C)S[C@H]2C[C@H]1O. The van der Waals surface area contributed by atoms with Gasteiger partial charge in [0.2, 0.25) is 5.91 Å². The van der Waals surface area contributed by atoms with Crippen LogP contribution >= 0.6 is 11.8 Å². The van der Waals surface area contributed by atoms with Crippen molar-refractivity contribution in [2.24, 2.45) is 11.8 Å². The molecule has 0 bridgehead atoms. The average molecular weight is 398 g/mol. The lowest BCUT2D eigenvalue weighted by atomic mass is 9.89. The molecule has 0 aromatic heterocycles. The van der Waals surface area contributed by atoms with Crippen molar-refractivity contribution >= 4 is 17.7 Å². The molecule has 1 amide bonds. The number of aliphatic hydroxyl groups excluding tert-OH is 2. The topological polar surface area (TPSA) is 60.8 Å². The molecule has 0 spiro atoms.